The number of fused-ring (bicyclic) bond motifs is 3. The third-order valence-corrected chi connectivity index (χ3v) is 6.02. The molecule has 2 aromatic rings. The Morgan fingerprint density at radius 1 is 1.34 bits per heavy atom. The number of anilines is 1. The Morgan fingerprint density at radius 2 is 2.11 bits per heavy atom. The van der Waals surface area contributed by atoms with Crippen LogP contribution in [0.1, 0.15) is 29.8 Å². The van der Waals surface area contributed by atoms with Gasteiger partial charge in [0.25, 0.3) is 12.3 Å². The number of amides is 2. The standard InChI is InChI=1S/C22H22F5N5O3/c1-28-17-8-13(2-3-15(17)23)29-20(33)31-7-4-16-14(9-31)19-22(26,27)6-5-21(34,11-32(19)30-16)12-35-10-18(24)25/h2-3,8,18,34H,4-7,9-12H2,(H,29,33)/t21-/m1/s1. The van der Waals surface area contributed by atoms with Gasteiger partial charge in [0.1, 0.15) is 23.7 Å². The molecule has 8 nitrogen and oxygen atoms in total. The number of urea groups is 1. The van der Waals surface area contributed by atoms with Gasteiger partial charge < -0.3 is 20.1 Å². The van der Waals surface area contributed by atoms with Gasteiger partial charge >= 0.3 is 6.03 Å². The number of carbonyl (C=O) groups is 1. The number of hydrogen-bond donors (Lipinski definition) is 2. The molecule has 4 rings (SSSR count). The topological polar surface area (TPSA) is 84.0 Å². The number of alkyl halides is 4. The van der Waals surface area contributed by atoms with Crippen molar-refractivity contribution in [1.29, 1.82) is 0 Å². The zero-order chi connectivity index (χ0) is 25.4. The number of nitrogens with one attached hydrogen (secondary N) is 1. The number of rotatable bonds is 5. The van der Waals surface area contributed by atoms with Gasteiger partial charge in [-0.15, -0.1) is 0 Å². The van der Waals surface area contributed by atoms with Gasteiger partial charge in [-0.05, 0) is 24.6 Å². The van der Waals surface area contributed by atoms with Crippen LogP contribution in [0, 0.1) is 12.4 Å². The molecule has 188 valence electrons. The maximum atomic E-state index is 15.2. The van der Waals surface area contributed by atoms with Crippen LogP contribution in [0.4, 0.5) is 38.1 Å². The van der Waals surface area contributed by atoms with Crippen LogP contribution in [0.2, 0.25) is 0 Å². The molecule has 0 saturated carbocycles. The van der Waals surface area contributed by atoms with Gasteiger partial charge in [0, 0.05) is 30.6 Å². The first-order valence-electron chi connectivity index (χ1n) is 10.8. The van der Waals surface area contributed by atoms with Gasteiger partial charge in [0.05, 0.1) is 32.0 Å². The molecular formula is C22H22F5N5O3. The van der Waals surface area contributed by atoms with Crippen molar-refractivity contribution >= 4 is 17.4 Å². The second kappa shape index (κ2) is 9.43. The highest BCUT2D eigenvalue weighted by Crippen LogP contribution is 2.42. The summed E-state index contributed by atoms with van der Waals surface area (Å²) in [5.74, 6) is -4.11. The largest absolute Gasteiger partial charge is 0.386 e. The van der Waals surface area contributed by atoms with Crippen molar-refractivity contribution in [2.24, 2.45) is 0 Å². The SMILES string of the molecule is [C-]#[N+]c1cc(NC(=O)N2CCc3nn4c(c3C2)C(F)(F)CC[C@](O)(COCC(F)F)C4)ccc1F. The molecule has 0 bridgehead atoms. The highest BCUT2D eigenvalue weighted by molar-refractivity contribution is 5.90. The molecular weight excluding hydrogens is 477 g/mol. The molecule has 0 aliphatic carbocycles. The van der Waals surface area contributed by atoms with Crippen LogP contribution in [-0.2, 0) is 30.2 Å². The second-order valence-electron chi connectivity index (χ2n) is 8.65. The molecule has 2 aliphatic heterocycles. The Labute approximate surface area is 197 Å². The number of nitrogens with zero attached hydrogens (tertiary/aromatic N) is 4. The number of carbonyl (C=O) groups excluding carboxylic acids is 1. The molecule has 1 aromatic heterocycles. The summed E-state index contributed by atoms with van der Waals surface area (Å²) < 4.78 is 74.4. The molecule has 1 aromatic carbocycles. The fourth-order valence-electron chi connectivity index (χ4n) is 4.32. The number of ether oxygens (including phenoxy) is 1. The fourth-order valence-corrected chi connectivity index (χ4v) is 4.32. The summed E-state index contributed by atoms with van der Waals surface area (Å²) in [6.45, 7) is 5.13. The van der Waals surface area contributed by atoms with Crippen LogP contribution in [-0.4, -0.2) is 57.6 Å². The number of aliphatic hydroxyl groups is 1. The van der Waals surface area contributed by atoms with Gasteiger partial charge in [0.2, 0.25) is 5.69 Å². The van der Waals surface area contributed by atoms with Crippen LogP contribution in [0.25, 0.3) is 4.85 Å². The maximum absolute atomic E-state index is 15.2. The van der Waals surface area contributed by atoms with E-state index in [1.54, 1.807) is 0 Å². The summed E-state index contributed by atoms with van der Waals surface area (Å²) in [7, 11) is 0. The number of aromatic nitrogens is 2. The first-order chi connectivity index (χ1) is 16.5. The first-order valence-corrected chi connectivity index (χ1v) is 10.8. The molecule has 1 atom stereocenters. The third kappa shape index (κ3) is 5.23. The molecule has 13 heteroatoms. The van der Waals surface area contributed by atoms with Gasteiger partial charge in [-0.2, -0.15) is 13.9 Å². The average Bonchev–Trinajstić information content (AvgIpc) is 3.11. The molecule has 0 spiro atoms. The van der Waals surface area contributed by atoms with Gasteiger partial charge in [-0.3, -0.25) is 4.68 Å². The Bertz CT molecular complexity index is 1170. The van der Waals surface area contributed by atoms with Crippen LogP contribution in [0.3, 0.4) is 0 Å². The molecule has 0 fully saturated rings. The van der Waals surface area contributed by atoms with E-state index in [-0.39, 0.29) is 49.4 Å². The highest BCUT2D eigenvalue weighted by Gasteiger charge is 2.47. The van der Waals surface area contributed by atoms with Gasteiger partial charge in [-0.1, -0.05) is 0 Å². The Kier molecular flexibility index (Phi) is 6.70. The molecule has 0 radical (unpaired) electrons. The predicted molar refractivity (Wildman–Crippen MR) is 113 cm³/mol. The fraction of sp³-hybridized carbons (Fsp3) is 0.500. The lowest BCUT2D eigenvalue weighted by Gasteiger charge is -2.28. The van der Waals surface area contributed by atoms with Crippen molar-refractivity contribution in [3.63, 3.8) is 0 Å². The highest BCUT2D eigenvalue weighted by atomic mass is 19.3. The zero-order valence-electron chi connectivity index (χ0n) is 18.4. The van der Waals surface area contributed by atoms with E-state index in [2.05, 4.69) is 15.3 Å². The van der Waals surface area contributed by atoms with Crippen LogP contribution < -0.4 is 5.32 Å². The molecule has 0 unspecified atom stereocenters. The van der Waals surface area contributed by atoms with Crippen molar-refractivity contribution < 1.29 is 36.6 Å². The second-order valence-corrected chi connectivity index (χ2v) is 8.65. The van der Waals surface area contributed by atoms with Crippen molar-refractivity contribution in [3.05, 3.63) is 52.4 Å². The third-order valence-electron chi connectivity index (χ3n) is 6.02. The summed E-state index contributed by atoms with van der Waals surface area (Å²) in [5.41, 5.74) is -1.80. The van der Waals surface area contributed by atoms with E-state index in [1.165, 1.54) is 17.0 Å². The molecule has 2 amide bonds. The van der Waals surface area contributed by atoms with Crippen molar-refractivity contribution in [1.82, 2.24) is 14.7 Å². The monoisotopic (exact) mass is 499 g/mol. The van der Waals surface area contributed by atoms with Crippen molar-refractivity contribution in [3.8, 4) is 0 Å². The van der Waals surface area contributed by atoms with E-state index < -0.39 is 55.1 Å². The lowest BCUT2D eigenvalue weighted by Crippen LogP contribution is -2.39. The van der Waals surface area contributed by atoms with Gasteiger partial charge in [0.15, 0.2) is 0 Å². The number of benzene rings is 1. The summed E-state index contributed by atoms with van der Waals surface area (Å²) in [6, 6.07) is 2.88. The summed E-state index contributed by atoms with van der Waals surface area (Å²) in [6.07, 6.45) is -3.71. The van der Waals surface area contributed by atoms with Crippen LogP contribution >= 0.6 is 0 Å². The van der Waals surface area contributed by atoms with E-state index in [0.29, 0.717) is 5.69 Å². The Morgan fingerprint density at radius 3 is 2.83 bits per heavy atom. The average molecular weight is 499 g/mol. The minimum atomic E-state index is -3.38. The van der Waals surface area contributed by atoms with Crippen molar-refractivity contribution in [2.45, 2.75) is 50.3 Å². The van der Waals surface area contributed by atoms with Crippen LogP contribution in [0.15, 0.2) is 18.2 Å². The molecule has 2 aliphatic rings. The molecule has 3 heterocycles. The minimum Gasteiger partial charge on any atom is -0.386 e. The van der Waals surface area contributed by atoms with E-state index in [1.807, 2.05) is 0 Å². The van der Waals surface area contributed by atoms with E-state index in [4.69, 9.17) is 11.3 Å². The Hall–Kier alpha value is -3.24. The van der Waals surface area contributed by atoms with E-state index in [0.717, 1.165) is 10.7 Å². The Balaban J connectivity index is 1.54. The van der Waals surface area contributed by atoms with Crippen LogP contribution in [0.5, 0.6) is 0 Å². The summed E-state index contributed by atoms with van der Waals surface area (Å²) in [5, 5.41) is 17.6. The van der Waals surface area contributed by atoms with E-state index >= 15 is 8.78 Å². The quantitative estimate of drug-likeness (QED) is 0.480. The maximum Gasteiger partial charge on any atom is 0.322 e. The zero-order valence-corrected chi connectivity index (χ0v) is 18.4. The molecule has 35 heavy (non-hydrogen) atoms. The van der Waals surface area contributed by atoms with Crippen molar-refractivity contribution in [2.75, 3.05) is 25.1 Å². The lowest BCUT2D eigenvalue weighted by atomic mass is 9.95. The lowest BCUT2D eigenvalue weighted by molar-refractivity contribution is -0.0926. The smallest absolute Gasteiger partial charge is 0.322 e. The number of halogens is 5. The number of hydrogen-bond acceptors (Lipinski definition) is 4. The first kappa shape index (κ1) is 24.9. The normalized spacial score (nSPS) is 21.1. The summed E-state index contributed by atoms with van der Waals surface area (Å²) in [4.78, 5) is 17.1. The van der Waals surface area contributed by atoms with E-state index in [9.17, 15) is 23.1 Å². The molecule has 2 N–H and O–H groups in total. The molecule has 0 saturated heterocycles. The van der Waals surface area contributed by atoms with Gasteiger partial charge in [-0.25, -0.2) is 22.8 Å². The minimum absolute atomic E-state index is 0.162. The predicted octanol–water partition coefficient (Wildman–Crippen LogP) is 4.06. The summed E-state index contributed by atoms with van der Waals surface area (Å²) >= 11 is 0.